The van der Waals surface area contributed by atoms with E-state index in [2.05, 4.69) is 15.3 Å². The van der Waals surface area contributed by atoms with Crippen LogP contribution in [-0.4, -0.2) is 27.9 Å². The third kappa shape index (κ3) is 3.35. The molecule has 0 saturated carbocycles. The molecule has 2 aromatic rings. The summed E-state index contributed by atoms with van der Waals surface area (Å²) in [6.07, 6.45) is 3.41. The van der Waals surface area contributed by atoms with Crippen LogP contribution in [-0.2, 0) is 13.1 Å². The highest BCUT2D eigenvalue weighted by atomic mass is 16.2. The van der Waals surface area contributed by atoms with Crippen molar-refractivity contribution in [3.05, 3.63) is 54.1 Å². The number of hydrogen-bond donors (Lipinski definition) is 2. The summed E-state index contributed by atoms with van der Waals surface area (Å²) in [5.41, 5.74) is 1.08. The standard InChI is InChI=1S/C13H16N4O/c1-17(10-12-14-7-8-15-12)13(18)16-9-11-5-3-2-4-6-11/h2-8H,9-10H2,1H3,(H,14,15)(H,16,18). The topological polar surface area (TPSA) is 61.0 Å². The van der Waals surface area contributed by atoms with Crippen LogP contribution in [0, 0.1) is 0 Å². The first kappa shape index (κ1) is 12.2. The molecule has 2 N–H and O–H groups in total. The van der Waals surface area contributed by atoms with Crippen molar-refractivity contribution in [2.24, 2.45) is 0 Å². The Balaban J connectivity index is 1.81. The highest BCUT2D eigenvalue weighted by Gasteiger charge is 2.09. The molecule has 0 unspecified atom stereocenters. The van der Waals surface area contributed by atoms with Gasteiger partial charge in [-0.15, -0.1) is 0 Å². The summed E-state index contributed by atoms with van der Waals surface area (Å²) in [7, 11) is 1.74. The number of aromatic nitrogens is 2. The van der Waals surface area contributed by atoms with Gasteiger partial charge in [-0.3, -0.25) is 0 Å². The molecule has 0 spiro atoms. The van der Waals surface area contributed by atoms with Crippen molar-refractivity contribution in [2.45, 2.75) is 13.1 Å². The zero-order chi connectivity index (χ0) is 12.8. The quantitative estimate of drug-likeness (QED) is 0.860. The van der Waals surface area contributed by atoms with Crippen molar-refractivity contribution < 1.29 is 4.79 Å². The Labute approximate surface area is 106 Å². The van der Waals surface area contributed by atoms with E-state index < -0.39 is 0 Å². The van der Waals surface area contributed by atoms with Crippen molar-refractivity contribution in [1.29, 1.82) is 0 Å². The molecule has 0 radical (unpaired) electrons. The summed E-state index contributed by atoms with van der Waals surface area (Å²) in [5, 5.41) is 2.86. The summed E-state index contributed by atoms with van der Waals surface area (Å²) < 4.78 is 0. The summed E-state index contributed by atoms with van der Waals surface area (Å²) in [5.74, 6) is 0.771. The normalized spacial score (nSPS) is 10.1. The van der Waals surface area contributed by atoms with E-state index in [0.717, 1.165) is 11.4 Å². The third-order valence-electron chi connectivity index (χ3n) is 2.58. The summed E-state index contributed by atoms with van der Waals surface area (Å²) in [6.45, 7) is 0.996. The van der Waals surface area contributed by atoms with E-state index in [1.807, 2.05) is 30.3 Å². The maximum atomic E-state index is 11.8. The smallest absolute Gasteiger partial charge is 0.317 e. The third-order valence-corrected chi connectivity index (χ3v) is 2.58. The van der Waals surface area contributed by atoms with Gasteiger partial charge in [0.05, 0.1) is 6.54 Å². The van der Waals surface area contributed by atoms with Crippen LogP contribution in [0.5, 0.6) is 0 Å². The van der Waals surface area contributed by atoms with Gasteiger partial charge < -0.3 is 15.2 Å². The Morgan fingerprint density at radius 2 is 2.17 bits per heavy atom. The molecule has 0 fully saturated rings. The lowest BCUT2D eigenvalue weighted by Gasteiger charge is -2.16. The molecule has 94 valence electrons. The number of urea groups is 1. The van der Waals surface area contributed by atoms with Gasteiger partial charge in [0.1, 0.15) is 5.82 Å². The summed E-state index contributed by atoms with van der Waals surface area (Å²) >= 11 is 0. The van der Waals surface area contributed by atoms with Gasteiger partial charge in [0.2, 0.25) is 0 Å². The molecule has 1 heterocycles. The Morgan fingerprint density at radius 1 is 1.39 bits per heavy atom. The van der Waals surface area contributed by atoms with E-state index in [1.165, 1.54) is 0 Å². The molecule has 0 saturated heterocycles. The van der Waals surface area contributed by atoms with Crippen LogP contribution in [0.15, 0.2) is 42.7 Å². The Kier molecular flexibility index (Phi) is 3.96. The van der Waals surface area contributed by atoms with E-state index >= 15 is 0 Å². The maximum Gasteiger partial charge on any atom is 0.317 e. The van der Waals surface area contributed by atoms with Gasteiger partial charge >= 0.3 is 6.03 Å². The molecule has 5 nitrogen and oxygen atoms in total. The van der Waals surface area contributed by atoms with Crippen LogP contribution in [0.3, 0.4) is 0 Å². The van der Waals surface area contributed by atoms with E-state index in [4.69, 9.17) is 0 Å². The lowest BCUT2D eigenvalue weighted by Crippen LogP contribution is -2.36. The maximum absolute atomic E-state index is 11.8. The lowest BCUT2D eigenvalue weighted by molar-refractivity contribution is 0.205. The molecule has 0 bridgehead atoms. The number of rotatable bonds is 4. The van der Waals surface area contributed by atoms with Crippen LogP contribution in [0.4, 0.5) is 4.79 Å². The zero-order valence-electron chi connectivity index (χ0n) is 10.3. The highest BCUT2D eigenvalue weighted by Crippen LogP contribution is 1.99. The number of H-pyrrole nitrogens is 1. The van der Waals surface area contributed by atoms with Gasteiger partial charge in [-0.05, 0) is 5.56 Å². The van der Waals surface area contributed by atoms with E-state index in [1.54, 1.807) is 24.3 Å². The molecule has 5 heteroatoms. The largest absolute Gasteiger partial charge is 0.347 e. The predicted octanol–water partition coefficient (Wildman–Crippen LogP) is 1.75. The fraction of sp³-hybridized carbons (Fsp3) is 0.231. The second-order valence-electron chi connectivity index (χ2n) is 4.04. The van der Waals surface area contributed by atoms with Gasteiger partial charge in [0.25, 0.3) is 0 Å². The molecule has 0 aliphatic heterocycles. The molecular weight excluding hydrogens is 228 g/mol. The number of nitrogens with one attached hydrogen (secondary N) is 2. The molecule has 2 amide bonds. The van der Waals surface area contributed by atoms with Crippen molar-refractivity contribution in [2.75, 3.05) is 7.05 Å². The number of nitrogens with zero attached hydrogens (tertiary/aromatic N) is 2. The number of carbonyl (C=O) groups is 1. The van der Waals surface area contributed by atoms with Crippen molar-refractivity contribution in [1.82, 2.24) is 20.2 Å². The molecule has 18 heavy (non-hydrogen) atoms. The van der Waals surface area contributed by atoms with Gasteiger partial charge in [-0.2, -0.15) is 0 Å². The monoisotopic (exact) mass is 244 g/mol. The molecule has 2 rings (SSSR count). The Bertz CT molecular complexity index is 481. The average molecular weight is 244 g/mol. The number of hydrogen-bond acceptors (Lipinski definition) is 2. The second kappa shape index (κ2) is 5.86. The average Bonchev–Trinajstić information content (AvgIpc) is 2.90. The fourth-order valence-electron chi connectivity index (χ4n) is 1.59. The van der Waals surface area contributed by atoms with Crippen LogP contribution in [0.25, 0.3) is 0 Å². The lowest BCUT2D eigenvalue weighted by atomic mass is 10.2. The second-order valence-corrected chi connectivity index (χ2v) is 4.04. The predicted molar refractivity (Wildman–Crippen MR) is 68.7 cm³/mol. The molecule has 0 atom stereocenters. The molecule has 1 aromatic heterocycles. The van der Waals surface area contributed by atoms with Crippen molar-refractivity contribution in [3.8, 4) is 0 Å². The first-order valence-electron chi connectivity index (χ1n) is 5.77. The summed E-state index contributed by atoms with van der Waals surface area (Å²) in [6, 6.07) is 9.70. The molecule has 0 aliphatic rings. The number of aromatic amines is 1. The zero-order valence-corrected chi connectivity index (χ0v) is 10.3. The van der Waals surface area contributed by atoms with Crippen LogP contribution < -0.4 is 5.32 Å². The Hall–Kier alpha value is -2.30. The van der Waals surface area contributed by atoms with Gasteiger partial charge in [-0.25, -0.2) is 9.78 Å². The first-order valence-corrected chi connectivity index (χ1v) is 5.77. The number of imidazole rings is 1. The van der Waals surface area contributed by atoms with Crippen LogP contribution in [0.2, 0.25) is 0 Å². The first-order chi connectivity index (χ1) is 8.75. The van der Waals surface area contributed by atoms with Gasteiger partial charge in [0.15, 0.2) is 0 Å². The van der Waals surface area contributed by atoms with Crippen molar-refractivity contribution in [3.63, 3.8) is 0 Å². The number of carbonyl (C=O) groups excluding carboxylic acids is 1. The van der Waals surface area contributed by atoms with E-state index in [-0.39, 0.29) is 6.03 Å². The van der Waals surface area contributed by atoms with Crippen molar-refractivity contribution >= 4 is 6.03 Å². The molecular formula is C13H16N4O. The molecule has 1 aromatic carbocycles. The minimum atomic E-state index is -0.116. The minimum absolute atomic E-state index is 0.116. The van der Waals surface area contributed by atoms with E-state index in [0.29, 0.717) is 13.1 Å². The van der Waals surface area contributed by atoms with Gasteiger partial charge in [0, 0.05) is 26.0 Å². The highest BCUT2D eigenvalue weighted by molar-refractivity contribution is 5.73. The number of amides is 2. The fourth-order valence-corrected chi connectivity index (χ4v) is 1.59. The SMILES string of the molecule is CN(Cc1ncc[nH]1)C(=O)NCc1ccccc1. The van der Waals surface area contributed by atoms with Crippen LogP contribution in [0.1, 0.15) is 11.4 Å². The van der Waals surface area contributed by atoms with Crippen LogP contribution >= 0.6 is 0 Å². The summed E-state index contributed by atoms with van der Waals surface area (Å²) in [4.78, 5) is 20.4. The number of benzene rings is 1. The Morgan fingerprint density at radius 3 is 2.83 bits per heavy atom. The van der Waals surface area contributed by atoms with Gasteiger partial charge in [-0.1, -0.05) is 30.3 Å². The minimum Gasteiger partial charge on any atom is -0.347 e. The molecule has 0 aliphatic carbocycles. The van der Waals surface area contributed by atoms with E-state index in [9.17, 15) is 4.79 Å².